The molecule has 0 unspecified atom stereocenters. The fourth-order valence-electron chi connectivity index (χ4n) is 2.30. The molecule has 0 bridgehead atoms. The smallest absolute Gasteiger partial charge is 0.335 e. The lowest BCUT2D eigenvalue weighted by atomic mass is 10.1. The predicted molar refractivity (Wildman–Crippen MR) is 88.8 cm³/mol. The number of benzene rings is 1. The highest BCUT2D eigenvalue weighted by molar-refractivity contribution is 6.30. The van der Waals surface area contributed by atoms with Crippen molar-refractivity contribution in [1.29, 1.82) is 0 Å². The molecule has 1 aromatic carbocycles. The van der Waals surface area contributed by atoms with E-state index >= 15 is 0 Å². The third-order valence-corrected chi connectivity index (χ3v) is 3.78. The quantitative estimate of drug-likeness (QED) is 0.750. The maximum atomic E-state index is 14.0. The Hall–Kier alpha value is -2.93. The van der Waals surface area contributed by atoms with Gasteiger partial charge in [-0.1, -0.05) is 11.6 Å². The number of hydrogen-bond donors (Lipinski definition) is 1. The van der Waals surface area contributed by atoms with Crippen LogP contribution in [0.25, 0.3) is 5.82 Å². The molecule has 0 atom stereocenters. The van der Waals surface area contributed by atoms with Crippen molar-refractivity contribution in [2.24, 2.45) is 0 Å². The number of halogens is 2. The van der Waals surface area contributed by atoms with Gasteiger partial charge in [0.2, 0.25) is 5.88 Å². The van der Waals surface area contributed by atoms with Gasteiger partial charge in [0.05, 0.1) is 11.8 Å². The predicted octanol–water partition coefficient (Wildman–Crippen LogP) is 3.65. The molecule has 2 heterocycles. The Kier molecular flexibility index (Phi) is 4.67. The zero-order valence-corrected chi connectivity index (χ0v) is 13.9. The van der Waals surface area contributed by atoms with E-state index in [-0.39, 0.29) is 18.0 Å². The standard InChI is InChI=1S/C17H13ClFN3O3/c1-10-6-12(18)8-14(19)13(10)9-25-16-3-5-21-22(16)15-7-11(17(23)24)2-4-20-15/h2-8H,9H2,1H3,(H,23,24). The van der Waals surface area contributed by atoms with Crippen LogP contribution in [0.15, 0.2) is 42.7 Å². The molecular weight excluding hydrogens is 349 g/mol. The lowest BCUT2D eigenvalue weighted by Crippen LogP contribution is -2.08. The monoisotopic (exact) mass is 361 g/mol. The molecule has 8 heteroatoms. The summed E-state index contributed by atoms with van der Waals surface area (Å²) in [5.41, 5.74) is 1.12. The van der Waals surface area contributed by atoms with Gasteiger partial charge in [-0.25, -0.2) is 14.2 Å². The van der Waals surface area contributed by atoms with E-state index in [1.165, 1.54) is 35.3 Å². The number of ether oxygens (including phenoxy) is 1. The van der Waals surface area contributed by atoms with Gasteiger partial charge >= 0.3 is 5.97 Å². The van der Waals surface area contributed by atoms with Crippen molar-refractivity contribution < 1.29 is 19.0 Å². The average molecular weight is 362 g/mol. The zero-order chi connectivity index (χ0) is 18.0. The summed E-state index contributed by atoms with van der Waals surface area (Å²) in [5, 5.41) is 13.5. The number of carbonyl (C=O) groups is 1. The maximum absolute atomic E-state index is 14.0. The molecule has 128 valence electrons. The van der Waals surface area contributed by atoms with Crippen molar-refractivity contribution in [1.82, 2.24) is 14.8 Å². The fourth-order valence-corrected chi connectivity index (χ4v) is 2.56. The van der Waals surface area contributed by atoms with Crippen molar-refractivity contribution in [3.05, 3.63) is 70.3 Å². The summed E-state index contributed by atoms with van der Waals surface area (Å²) in [7, 11) is 0. The summed E-state index contributed by atoms with van der Waals surface area (Å²) >= 11 is 5.82. The van der Waals surface area contributed by atoms with E-state index in [0.717, 1.165) is 0 Å². The van der Waals surface area contributed by atoms with E-state index in [9.17, 15) is 9.18 Å². The van der Waals surface area contributed by atoms with E-state index in [4.69, 9.17) is 21.4 Å². The summed E-state index contributed by atoms with van der Waals surface area (Å²) in [6, 6.07) is 7.21. The molecule has 0 aliphatic carbocycles. The van der Waals surface area contributed by atoms with Gasteiger partial charge < -0.3 is 9.84 Å². The molecule has 0 aliphatic heterocycles. The zero-order valence-electron chi connectivity index (χ0n) is 13.1. The van der Waals surface area contributed by atoms with E-state index in [1.54, 1.807) is 19.1 Å². The van der Waals surface area contributed by atoms with Gasteiger partial charge in [-0.05, 0) is 36.8 Å². The van der Waals surface area contributed by atoms with Crippen LogP contribution in [0, 0.1) is 12.7 Å². The molecular formula is C17H13ClFN3O3. The molecule has 0 amide bonds. The number of aromatic nitrogens is 3. The summed E-state index contributed by atoms with van der Waals surface area (Å²) in [5.74, 6) is -0.934. The largest absolute Gasteiger partial charge is 0.478 e. The molecule has 3 aromatic rings. The molecule has 0 fully saturated rings. The normalized spacial score (nSPS) is 10.7. The van der Waals surface area contributed by atoms with Crippen LogP contribution in [-0.2, 0) is 6.61 Å². The second-order valence-corrected chi connectivity index (χ2v) is 5.70. The minimum atomic E-state index is -1.07. The van der Waals surface area contributed by atoms with Crippen LogP contribution < -0.4 is 4.74 Å². The SMILES string of the molecule is Cc1cc(Cl)cc(F)c1COc1ccnn1-c1cc(C(=O)O)ccn1. The van der Waals surface area contributed by atoms with Crippen LogP contribution >= 0.6 is 11.6 Å². The molecule has 25 heavy (non-hydrogen) atoms. The highest BCUT2D eigenvalue weighted by Crippen LogP contribution is 2.22. The van der Waals surface area contributed by atoms with Gasteiger partial charge in [-0.2, -0.15) is 9.78 Å². The molecule has 0 spiro atoms. The second-order valence-electron chi connectivity index (χ2n) is 5.26. The Morgan fingerprint density at radius 3 is 2.84 bits per heavy atom. The average Bonchev–Trinajstić information content (AvgIpc) is 3.02. The van der Waals surface area contributed by atoms with Crippen LogP contribution in [0.3, 0.4) is 0 Å². The minimum Gasteiger partial charge on any atom is -0.478 e. The van der Waals surface area contributed by atoms with Crippen LogP contribution in [0.2, 0.25) is 5.02 Å². The van der Waals surface area contributed by atoms with Gasteiger partial charge in [0.1, 0.15) is 12.4 Å². The Bertz CT molecular complexity index is 919. The summed E-state index contributed by atoms with van der Waals surface area (Å²) < 4.78 is 21.0. The van der Waals surface area contributed by atoms with Crippen LogP contribution in [0.5, 0.6) is 5.88 Å². The van der Waals surface area contributed by atoms with E-state index in [1.807, 2.05) is 0 Å². The van der Waals surface area contributed by atoms with Gasteiger partial charge in [0.25, 0.3) is 0 Å². The number of carboxylic acid groups (broad SMARTS) is 1. The third kappa shape index (κ3) is 3.61. The lowest BCUT2D eigenvalue weighted by molar-refractivity contribution is 0.0696. The summed E-state index contributed by atoms with van der Waals surface area (Å²) in [4.78, 5) is 15.2. The number of pyridine rings is 1. The third-order valence-electron chi connectivity index (χ3n) is 3.57. The molecule has 0 saturated heterocycles. The first kappa shape index (κ1) is 16.9. The Morgan fingerprint density at radius 2 is 2.12 bits per heavy atom. The van der Waals surface area contributed by atoms with Crippen molar-refractivity contribution in [3.8, 4) is 11.7 Å². The van der Waals surface area contributed by atoms with E-state index in [2.05, 4.69) is 10.1 Å². The molecule has 0 radical (unpaired) electrons. The van der Waals surface area contributed by atoms with Gasteiger partial charge in [-0.3, -0.25) is 0 Å². The molecule has 2 aromatic heterocycles. The summed E-state index contributed by atoms with van der Waals surface area (Å²) in [6.07, 6.45) is 2.85. The van der Waals surface area contributed by atoms with Crippen LogP contribution in [-0.4, -0.2) is 25.8 Å². The highest BCUT2D eigenvalue weighted by Gasteiger charge is 2.13. The summed E-state index contributed by atoms with van der Waals surface area (Å²) in [6.45, 7) is 1.71. The number of hydrogen-bond acceptors (Lipinski definition) is 4. The van der Waals surface area contributed by atoms with Crippen molar-refractivity contribution in [2.45, 2.75) is 13.5 Å². The maximum Gasteiger partial charge on any atom is 0.335 e. The Labute approximate surface area is 147 Å². The van der Waals surface area contributed by atoms with Crippen molar-refractivity contribution in [3.63, 3.8) is 0 Å². The number of aryl methyl sites for hydroxylation is 1. The lowest BCUT2D eigenvalue weighted by Gasteiger charge is -2.11. The molecule has 6 nitrogen and oxygen atoms in total. The van der Waals surface area contributed by atoms with Crippen LogP contribution in [0.1, 0.15) is 21.5 Å². The minimum absolute atomic E-state index is 0.0286. The fraction of sp³-hybridized carbons (Fsp3) is 0.118. The first-order chi connectivity index (χ1) is 12.0. The highest BCUT2D eigenvalue weighted by atomic mass is 35.5. The van der Waals surface area contributed by atoms with Gasteiger partial charge in [0, 0.05) is 22.8 Å². The van der Waals surface area contributed by atoms with Crippen LogP contribution in [0.4, 0.5) is 4.39 Å². The number of aromatic carboxylic acids is 1. The number of nitrogens with zero attached hydrogens (tertiary/aromatic N) is 3. The van der Waals surface area contributed by atoms with Gasteiger partial charge in [0.15, 0.2) is 5.82 Å². The molecule has 0 aliphatic rings. The molecule has 0 saturated carbocycles. The van der Waals surface area contributed by atoms with Crippen molar-refractivity contribution >= 4 is 17.6 Å². The Balaban J connectivity index is 1.86. The first-order valence-electron chi connectivity index (χ1n) is 7.27. The molecule has 1 N–H and O–H groups in total. The van der Waals surface area contributed by atoms with Crippen molar-refractivity contribution in [2.75, 3.05) is 0 Å². The Morgan fingerprint density at radius 1 is 1.32 bits per heavy atom. The number of rotatable bonds is 5. The first-order valence-corrected chi connectivity index (χ1v) is 7.64. The number of carboxylic acids is 1. The van der Waals surface area contributed by atoms with E-state index in [0.29, 0.717) is 22.0 Å². The second kappa shape index (κ2) is 6.90. The van der Waals surface area contributed by atoms with Gasteiger partial charge in [-0.15, -0.1) is 0 Å². The molecule has 3 rings (SSSR count). The van der Waals surface area contributed by atoms with E-state index < -0.39 is 11.8 Å². The topological polar surface area (TPSA) is 77.2 Å².